The molecule has 0 fully saturated rings. The van der Waals surface area contributed by atoms with Gasteiger partial charge < -0.3 is 13.9 Å². The largest absolute Gasteiger partial charge is 0.493 e. The van der Waals surface area contributed by atoms with E-state index >= 15 is 0 Å². The van der Waals surface area contributed by atoms with Crippen molar-refractivity contribution in [3.05, 3.63) is 76.8 Å². The summed E-state index contributed by atoms with van der Waals surface area (Å²) in [6.45, 7) is 2.00. The number of fused-ring (bicyclic) bond motifs is 1. The van der Waals surface area contributed by atoms with Gasteiger partial charge in [0.25, 0.3) is 5.91 Å². The molecular weight excluding hydrogens is 430 g/mol. The lowest BCUT2D eigenvalue weighted by Crippen LogP contribution is -2.21. The molecule has 0 saturated heterocycles. The molecule has 1 amide bonds. The number of benzene rings is 2. The Morgan fingerprint density at radius 3 is 2.78 bits per heavy atom. The van der Waals surface area contributed by atoms with E-state index in [9.17, 15) is 9.59 Å². The topological polar surface area (TPSA) is 103 Å². The highest BCUT2D eigenvalue weighted by Crippen LogP contribution is 2.25. The number of amides is 1. The van der Waals surface area contributed by atoms with E-state index in [4.69, 9.17) is 13.9 Å². The number of ether oxygens (including phenoxy) is 2. The summed E-state index contributed by atoms with van der Waals surface area (Å²) < 4.78 is 16.5. The van der Waals surface area contributed by atoms with Crippen LogP contribution in [0.1, 0.15) is 27.6 Å². The highest BCUT2D eigenvalue weighted by molar-refractivity contribution is 7.13. The van der Waals surface area contributed by atoms with Gasteiger partial charge in [-0.15, -0.1) is 11.3 Å². The van der Waals surface area contributed by atoms with Crippen molar-refractivity contribution in [2.45, 2.75) is 6.92 Å². The first-order valence-corrected chi connectivity index (χ1v) is 10.6. The number of anilines is 1. The molecule has 0 unspecified atom stereocenters. The first-order chi connectivity index (χ1) is 15.6. The summed E-state index contributed by atoms with van der Waals surface area (Å²) in [7, 11) is 1.53. The van der Waals surface area contributed by atoms with Gasteiger partial charge >= 0.3 is 5.97 Å². The van der Waals surface area contributed by atoms with Crippen LogP contribution in [0.25, 0.3) is 11.0 Å². The SMILES string of the molecule is CCOC(=O)c1cccc(N=c2oc3c(OC)cccc3cc2C(=O)Nc2nccs2)c1. The minimum absolute atomic E-state index is 0.0667. The highest BCUT2D eigenvalue weighted by Gasteiger charge is 2.16. The van der Waals surface area contributed by atoms with Crippen molar-refractivity contribution in [2.24, 2.45) is 4.99 Å². The van der Waals surface area contributed by atoms with Gasteiger partial charge in [0, 0.05) is 17.0 Å². The molecule has 0 atom stereocenters. The lowest BCUT2D eigenvalue weighted by atomic mass is 10.1. The fraction of sp³-hybridized carbons (Fsp3) is 0.130. The van der Waals surface area contributed by atoms with E-state index in [0.717, 1.165) is 0 Å². The van der Waals surface area contributed by atoms with Gasteiger partial charge in [0.15, 0.2) is 16.5 Å². The van der Waals surface area contributed by atoms with Crippen LogP contribution in [-0.2, 0) is 4.74 Å². The number of rotatable bonds is 6. The van der Waals surface area contributed by atoms with E-state index < -0.39 is 11.9 Å². The fourth-order valence-corrected chi connectivity index (χ4v) is 3.54. The summed E-state index contributed by atoms with van der Waals surface area (Å²) in [5.41, 5.74) is 1.50. The smallest absolute Gasteiger partial charge is 0.338 e. The number of nitrogens with one attached hydrogen (secondary N) is 1. The van der Waals surface area contributed by atoms with E-state index in [2.05, 4.69) is 15.3 Å². The molecule has 2 heterocycles. The molecule has 9 heteroatoms. The van der Waals surface area contributed by atoms with Crippen LogP contribution in [0.3, 0.4) is 0 Å². The Balaban J connectivity index is 1.87. The second-order valence-corrected chi connectivity index (χ2v) is 7.41. The fourth-order valence-electron chi connectivity index (χ4n) is 3.01. The number of esters is 1. The second kappa shape index (κ2) is 9.44. The maximum Gasteiger partial charge on any atom is 0.338 e. The number of carbonyl (C=O) groups excluding carboxylic acids is 2. The Morgan fingerprint density at radius 2 is 2.03 bits per heavy atom. The van der Waals surface area contributed by atoms with Crippen molar-refractivity contribution >= 4 is 45.0 Å². The monoisotopic (exact) mass is 449 g/mol. The third-order valence-electron chi connectivity index (χ3n) is 4.44. The van der Waals surface area contributed by atoms with E-state index in [1.165, 1.54) is 18.4 Å². The van der Waals surface area contributed by atoms with Gasteiger partial charge in [-0.05, 0) is 37.3 Å². The molecule has 4 rings (SSSR count). The lowest BCUT2D eigenvalue weighted by Gasteiger charge is -2.08. The van der Waals surface area contributed by atoms with Gasteiger partial charge in [0.05, 0.1) is 25.0 Å². The van der Waals surface area contributed by atoms with E-state index in [0.29, 0.717) is 33.1 Å². The minimum atomic E-state index is -0.455. The molecule has 0 aliphatic rings. The Hall–Kier alpha value is -3.98. The summed E-state index contributed by atoms with van der Waals surface area (Å²) in [6.07, 6.45) is 1.60. The summed E-state index contributed by atoms with van der Waals surface area (Å²) in [4.78, 5) is 33.7. The molecule has 0 aliphatic carbocycles. The molecule has 2 aromatic carbocycles. The number of thiazole rings is 1. The zero-order chi connectivity index (χ0) is 22.5. The summed E-state index contributed by atoms with van der Waals surface area (Å²) >= 11 is 1.30. The number of para-hydroxylation sites is 1. The minimum Gasteiger partial charge on any atom is -0.493 e. The number of hydrogen-bond donors (Lipinski definition) is 1. The molecule has 0 saturated carbocycles. The van der Waals surface area contributed by atoms with Gasteiger partial charge in [0.1, 0.15) is 5.56 Å². The molecule has 2 aromatic heterocycles. The molecule has 162 valence electrons. The third kappa shape index (κ3) is 4.52. The van der Waals surface area contributed by atoms with Crippen LogP contribution in [0.5, 0.6) is 5.75 Å². The molecule has 8 nitrogen and oxygen atoms in total. The zero-order valence-corrected chi connectivity index (χ0v) is 18.1. The Bertz CT molecular complexity index is 1350. The van der Waals surface area contributed by atoms with Crippen LogP contribution in [-0.4, -0.2) is 30.6 Å². The van der Waals surface area contributed by atoms with E-state index in [1.807, 2.05) is 6.07 Å². The van der Waals surface area contributed by atoms with Crippen molar-refractivity contribution < 1.29 is 23.5 Å². The number of nitrogens with zero attached hydrogens (tertiary/aromatic N) is 2. The quantitative estimate of drug-likeness (QED) is 0.433. The summed E-state index contributed by atoms with van der Waals surface area (Å²) in [6, 6.07) is 13.6. The van der Waals surface area contributed by atoms with Gasteiger partial charge in [-0.2, -0.15) is 0 Å². The van der Waals surface area contributed by atoms with Crippen molar-refractivity contribution in [1.82, 2.24) is 4.98 Å². The highest BCUT2D eigenvalue weighted by atomic mass is 32.1. The maximum absolute atomic E-state index is 13.0. The van der Waals surface area contributed by atoms with Gasteiger partial charge in [0.2, 0.25) is 5.55 Å². The predicted octanol–water partition coefficient (Wildman–Crippen LogP) is 4.56. The van der Waals surface area contributed by atoms with Crippen molar-refractivity contribution in [1.29, 1.82) is 0 Å². The average Bonchev–Trinajstić information content (AvgIpc) is 3.31. The molecule has 4 aromatic rings. The van der Waals surface area contributed by atoms with E-state index in [-0.39, 0.29) is 17.7 Å². The van der Waals surface area contributed by atoms with Gasteiger partial charge in [-0.1, -0.05) is 18.2 Å². The molecule has 0 radical (unpaired) electrons. The second-order valence-electron chi connectivity index (χ2n) is 6.52. The van der Waals surface area contributed by atoms with Crippen molar-refractivity contribution in [2.75, 3.05) is 19.0 Å². The predicted molar refractivity (Wildman–Crippen MR) is 120 cm³/mol. The molecule has 1 N–H and O–H groups in total. The number of methoxy groups -OCH3 is 1. The molecule has 0 aliphatic heterocycles. The van der Waals surface area contributed by atoms with Crippen molar-refractivity contribution in [3.8, 4) is 5.75 Å². The number of aromatic nitrogens is 1. The maximum atomic E-state index is 13.0. The number of carbonyl (C=O) groups is 2. The first kappa shape index (κ1) is 21.3. The Labute approximate surface area is 187 Å². The van der Waals surface area contributed by atoms with Crippen LogP contribution >= 0.6 is 11.3 Å². The van der Waals surface area contributed by atoms with Crippen molar-refractivity contribution in [3.63, 3.8) is 0 Å². The average molecular weight is 449 g/mol. The van der Waals surface area contributed by atoms with Gasteiger partial charge in [-0.3, -0.25) is 10.1 Å². The van der Waals surface area contributed by atoms with Crippen LogP contribution in [0.2, 0.25) is 0 Å². The molecule has 0 spiro atoms. The van der Waals surface area contributed by atoms with E-state index in [1.54, 1.807) is 61.0 Å². The Kier molecular flexibility index (Phi) is 6.27. The standard InChI is InChI=1S/C23H19N3O5S/c1-3-30-22(28)15-7-4-8-16(12-15)25-21-17(20(27)26-23-24-10-11-32-23)13-14-6-5-9-18(29-2)19(14)31-21/h4-13H,3H2,1-2H3,(H,24,26,27). The lowest BCUT2D eigenvalue weighted by molar-refractivity contribution is 0.0526. The zero-order valence-electron chi connectivity index (χ0n) is 17.3. The molecule has 32 heavy (non-hydrogen) atoms. The normalized spacial score (nSPS) is 11.4. The van der Waals surface area contributed by atoms with Crippen LogP contribution in [0, 0.1) is 0 Å². The van der Waals surface area contributed by atoms with Gasteiger partial charge in [-0.25, -0.2) is 14.8 Å². The summed E-state index contributed by atoms with van der Waals surface area (Å²) in [5, 5.41) is 5.64. The first-order valence-electron chi connectivity index (χ1n) is 9.72. The van der Waals surface area contributed by atoms with Crippen LogP contribution in [0.4, 0.5) is 10.8 Å². The Morgan fingerprint density at radius 1 is 1.19 bits per heavy atom. The molecular formula is C23H19N3O5S. The van der Waals surface area contributed by atoms with Crippen LogP contribution < -0.4 is 15.6 Å². The molecule has 0 bridgehead atoms. The van der Waals surface area contributed by atoms with Crippen LogP contribution in [0.15, 0.2) is 69.5 Å². The summed E-state index contributed by atoms with van der Waals surface area (Å²) in [5.74, 6) is -0.372. The number of hydrogen-bond acceptors (Lipinski definition) is 8. The third-order valence-corrected chi connectivity index (χ3v) is 5.13.